The lowest BCUT2D eigenvalue weighted by Gasteiger charge is -2.21. The van der Waals surface area contributed by atoms with Gasteiger partial charge in [0.05, 0.1) is 12.2 Å². The molecule has 0 bridgehead atoms. The first-order valence-corrected chi connectivity index (χ1v) is 7.76. The molecule has 1 atom stereocenters. The molecule has 1 unspecified atom stereocenters. The fourth-order valence-corrected chi connectivity index (χ4v) is 2.17. The first-order chi connectivity index (χ1) is 9.05. The molecule has 0 aliphatic carbocycles. The lowest BCUT2D eigenvalue weighted by atomic mass is 10.2. The van der Waals surface area contributed by atoms with Crippen LogP contribution < -0.4 is 4.89 Å². The van der Waals surface area contributed by atoms with E-state index < -0.39 is 13.8 Å². The summed E-state index contributed by atoms with van der Waals surface area (Å²) in [6.45, 7) is 2.10. The lowest BCUT2D eigenvalue weighted by Crippen LogP contribution is -2.13. The number of rotatable bonds is 8. The Bertz CT molecular complexity index is 432. The highest BCUT2D eigenvalue weighted by Gasteiger charge is 2.16. The van der Waals surface area contributed by atoms with E-state index in [4.69, 9.17) is 0 Å². The van der Waals surface area contributed by atoms with Gasteiger partial charge in [-0.1, -0.05) is 44.4 Å². The number of phosphoric ester groups is 1. The minimum Gasteiger partial charge on any atom is -0.746 e. The number of carbonyl (C=O) groups excluding carboxylic acids is 1. The van der Waals surface area contributed by atoms with Gasteiger partial charge in [-0.25, -0.2) is 4.79 Å². The van der Waals surface area contributed by atoms with Gasteiger partial charge in [-0.2, -0.15) is 0 Å². The van der Waals surface area contributed by atoms with Gasteiger partial charge in [-0.15, -0.1) is 0 Å². The summed E-state index contributed by atoms with van der Waals surface area (Å²) in [5, 5.41) is 0. The molecule has 0 amide bonds. The van der Waals surface area contributed by atoms with Crippen molar-refractivity contribution in [2.75, 3.05) is 6.61 Å². The topological polar surface area (TPSA) is 75.7 Å². The van der Waals surface area contributed by atoms with Crippen molar-refractivity contribution in [3.8, 4) is 0 Å². The minimum absolute atomic E-state index is 0.0445. The lowest BCUT2D eigenvalue weighted by molar-refractivity contribution is -0.219. The summed E-state index contributed by atoms with van der Waals surface area (Å²) >= 11 is 0. The molecular formula is C13H18O5P-. The zero-order valence-electron chi connectivity index (χ0n) is 10.9. The van der Waals surface area contributed by atoms with E-state index in [1.165, 1.54) is 12.1 Å². The number of hydrogen-bond donors (Lipinski definition) is 0. The van der Waals surface area contributed by atoms with Crippen molar-refractivity contribution in [1.29, 1.82) is 0 Å². The fraction of sp³-hybridized carbons (Fsp3) is 0.462. The van der Waals surface area contributed by atoms with Gasteiger partial charge in [0, 0.05) is 0 Å². The SMILES string of the molecule is CCCCCCOP(=O)([O-])OC(=O)c1ccccc1. The molecule has 1 aromatic carbocycles. The van der Waals surface area contributed by atoms with E-state index in [2.05, 4.69) is 16.0 Å². The third-order valence-corrected chi connectivity index (χ3v) is 3.34. The molecule has 106 valence electrons. The molecule has 0 radical (unpaired) electrons. The van der Waals surface area contributed by atoms with Crippen LogP contribution in [0.5, 0.6) is 0 Å². The molecule has 1 aromatic rings. The van der Waals surface area contributed by atoms with Gasteiger partial charge < -0.3 is 13.9 Å². The standard InChI is InChI=1S/C13H19O5P/c1-2-3-4-8-11-17-19(15,16)18-13(14)12-9-6-5-7-10-12/h5-7,9-10H,2-4,8,11H2,1H3,(H,15,16)/p-1. The fourth-order valence-electron chi connectivity index (χ4n) is 1.46. The Balaban J connectivity index is 2.37. The van der Waals surface area contributed by atoms with Crippen molar-refractivity contribution in [3.05, 3.63) is 35.9 Å². The zero-order valence-corrected chi connectivity index (χ0v) is 11.8. The third kappa shape index (κ3) is 6.53. The second-order valence-electron chi connectivity index (χ2n) is 4.09. The second-order valence-corrected chi connectivity index (χ2v) is 5.42. The van der Waals surface area contributed by atoms with Crippen LogP contribution in [0.4, 0.5) is 0 Å². The molecule has 0 aliphatic heterocycles. The highest BCUT2D eigenvalue weighted by atomic mass is 31.2. The largest absolute Gasteiger partial charge is 0.746 e. The normalized spacial score (nSPS) is 13.8. The number of unbranched alkanes of at least 4 members (excludes halogenated alkanes) is 3. The summed E-state index contributed by atoms with van der Waals surface area (Å²) in [6.07, 6.45) is 3.60. The van der Waals surface area contributed by atoms with Gasteiger partial charge in [0.2, 0.25) is 0 Å². The molecule has 0 heterocycles. The average molecular weight is 285 g/mol. The van der Waals surface area contributed by atoms with Crippen molar-refractivity contribution in [2.24, 2.45) is 0 Å². The Hall–Kier alpha value is -1.16. The highest BCUT2D eigenvalue weighted by molar-refractivity contribution is 7.46. The Morgan fingerprint density at radius 1 is 1.21 bits per heavy atom. The Morgan fingerprint density at radius 2 is 1.89 bits per heavy atom. The van der Waals surface area contributed by atoms with Gasteiger partial charge in [0.1, 0.15) is 0 Å². The van der Waals surface area contributed by atoms with Gasteiger partial charge >= 0.3 is 13.8 Å². The molecule has 0 aliphatic rings. The Morgan fingerprint density at radius 3 is 2.53 bits per heavy atom. The summed E-state index contributed by atoms with van der Waals surface area (Å²) in [6, 6.07) is 7.92. The molecule has 0 saturated heterocycles. The summed E-state index contributed by atoms with van der Waals surface area (Å²) < 4.78 is 20.4. The van der Waals surface area contributed by atoms with Crippen LogP contribution in [-0.4, -0.2) is 12.6 Å². The van der Waals surface area contributed by atoms with Gasteiger partial charge in [-0.3, -0.25) is 4.57 Å². The van der Waals surface area contributed by atoms with E-state index in [1.807, 2.05) is 0 Å². The maximum Gasteiger partial charge on any atom is 0.343 e. The van der Waals surface area contributed by atoms with Crippen LogP contribution >= 0.6 is 7.82 Å². The van der Waals surface area contributed by atoms with Crippen LogP contribution in [0, 0.1) is 0 Å². The number of hydrogen-bond acceptors (Lipinski definition) is 5. The van der Waals surface area contributed by atoms with Crippen LogP contribution in [0.25, 0.3) is 0 Å². The number of phosphoric acid groups is 1. The maximum absolute atomic E-state index is 11.5. The summed E-state index contributed by atoms with van der Waals surface area (Å²) in [4.78, 5) is 22.9. The van der Waals surface area contributed by atoms with E-state index in [0.29, 0.717) is 6.42 Å². The van der Waals surface area contributed by atoms with Crippen LogP contribution in [-0.2, 0) is 13.6 Å². The van der Waals surface area contributed by atoms with Gasteiger partial charge in [0.15, 0.2) is 0 Å². The molecule has 0 spiro atoms. The van der Waals surface area contributed by atoms with E-state index in [1.54, 1.807) is 18.2 Å². The minimum atomic E-state index is -4.56. The first kappa shape index (κ1) is 15.9. The molecule has 0 saturated carbocycles. The van der Waals surface area contributed by atoms with Crippen LogP contribution in [0.3, 0.4) is 0 Å². The summed E-state index contributed by atoms with van der Waals surface area (Å²) in [5.74, 6) is -0.924. The van der Waals surface area contributed by atoms with Crippen LogP contribution in [0.2, 0.25) is 0 Å². The third-order valence-electron chi connectivity index (χ3n) is 2.45. The van der Waals surface area contributed by atoms with E-state index in [-0.39, 0.29) is 12.2 Å². The molecule has 0 aromatic heterocycles. The molecule has 19 heavy (non-hydrogen) atoms. The smallest absolute Gasteiger partial charge is 0.343 e. The first-order valence-electron chi connectivity index (χ1n) is 6.30. The molecule has 6 heteroatoms. The quantitative estimate of drug-likeness (QED) is 0.542. The van der Waals surface area contributed by atoms with Crippen molar-refractivity contribution in [2.45, 2.75) is 32.6 Å². The summed E-state index contributed by atoms with van der Waals surface area (Å²) in [5.41, 5.74) is 0.174. The van der Waals surface area contributed by atoms with E-state index >= 15 is 0 Å². The molecule has 5 nitrogen and oxygen atoms in total. The average Bonchev–Trinajstić information content (AvgIpc) is 2.39. The van der Waals surface area contributed by atoms with Gasteiger partial charge in [0.25, 0.3) is 0 Å². The summed E-state index contributed by atoms with van der Waals surface area (Å²) in [7, 11) is -4.56. The maximum atomic E-state index is 11.5. The second kappa shape index (κ2) is 8.10. The Labute approximate surface area is 113 Å². The Kier molecular flexibility index (Phi) is 6.78. The predicted octanol–water partition coefficient (Wildman–Crippen LogP) is 2.91. The van der Waals surface area contributed by atoms with E-state index in [0.717, 1.165) is 19.3 Å². The van der Waals surface area contributed by atoms with Crippen molar-refractivity contribution in [3.63, 3.8) is 0 Å². The van der Waals surface area contributed by atoms with Crippen molar-refractivity contribution >= 4 is 13.8 Å². The molecular weight excluding hydrogens is 267 g/mol. The van der Waals surface area contributed by atoms with E-state index in [9.17, 15) is 14.3 Å². The van der Waals surface area contributed by atoms with Crippen LogP contribution in [0.15, 0.2) is 30.3 Å². The molecule has 0 N–H and O–H groups in total. The monoisotopic (exact) mass is 285 g/mol. The predicted molar refractivity (Wildman–Crippen MR) is 69.6 cm³/mol. The zero-order chi connectivity index (χ0) is 14.1. The van der Waals surface area contributed by atoms with Crippen molar-refractivity contribution in [1.82, 2.24) is 0 Å². The number of benzene rings is 1. The van der Waals surface area contributed by atoms with Crippen LogP contribution in [0.1, 0.15) is 43.0 Å². The highest BCUT2D eigenvalue weighted by Crippen LogP contribution is 2.39. The van der Waals surface area contributed by atoms with Crippen molar-refractivity contribution < 1.29 is 23.3 Å². The molecule has 0 fully saturated rings. The molecule has 1 rings (SSSR count). The number of carbonyl (C=O) groups is 1. The van der Waals surface area contributed by atoms with Gasteiger partial charge in [-0.05, 0) is 18.6 Å².